The molecule has 0 heterocycles. The molecule has 0 saturated heterocycles. The minimum atomic E-state index is -3.47. The van der Waals surface area contributed by atoms with Crippen LogP contribution in [-0.4, -0.2) is 14.5 Å². The van der Waals surface area contributed by atoms with Gasteiger partial charge in [-0.15, -0.1) is 0 Å². The Balaban J connectivity index is 2.86. The molecule has 3 atom stereocenters. The molecule has 1 rings (SSSR count). The Hall–Kier alpha value is -0.910. The SMILES string of the molecule is CCC(C)CC(C)NS(=O)(=O)c1cccc(C(C)N)c1. The highest BCUT2D eigenvalue weighted by Crippen LogP contribution is 2.17. The lowest BCUT2D eigenvalue weighted by Gasteiger charge is -2.18. The van der Waals surface area contributed by atoms with Crippen molar-refractivity contribution in [2.45, 2.75) is 57.5 Å². The molecule has 0 radical (unpaired) electrons. The van der Waals surface area contributed by atoms with Gasteiger partial charge in [-0.3, -0.25) is 0 Å². The Morgan fingerprint density at radius 3 is 2.45 bits per heavy atom. The molecule has 0 aliphatic carbocycles. The Morgan fingerprint density at radius 1 is 1.25 bits per heavy atom. The number of rotatable bonds is 7. The summed E-state index contributed by atoms with van der Waals surface area (Å²) >= 11 is 0. The third-order valence-electron chi connectivity index (χ3n) is 3.50. The summed E-state index contributed by atoms with van der Waals surface area (Å²) in [6.45, 7) is 7.98. The highest BCUT2D eigenvalue weighted by molar-refractivity contribution is 7.89. The highest BCUT2D eigenvalue weighted by Gasteiger charge is 2.19. The molecule has 0 aliphatic heterocycles. The van der Waals surface area contributed by atoms with Crippen LogP contribution in [0.5, 0.6) is 0 Å². The lowest BCUT2D eigenvalue weighted by Crippen LogP contribution is -2.33. The number of hydrogen-bond acceptors (Lipinski definition) is 3. The van der Waals surface area contributed by atoms with Crippen molar-refractivity contribution >= 4 is 10.0 Å². The van der Waals surface area contributed by atoms with Crippen LogP contribution in [0.4, 0.5) is 0 Å². The third kappa shape index (κ3) is 4.89. The van der Waals surface area contributed by atoms with Crippen LogP contribution >= 0.6 is 0 Å². The second-order valence-corrected chi connectivity index (χ2v) is 7.35. The molecule has 20 heavy (non-hydrogen) atoms. The topological polar surface area (TPSA) is 72.2 Å². The quantitative estimate of drug-likeness (QED) is 0.813. The predicted molar refractivity (Wildman–Crippen MR) is 82.9 cm³/mol. The van der Waals surface area contributed by atoms with Gasteiger partial charge in [-0.05, 0) is 43.9 Å². The van der Waals surface area contributed by atoms with Gasteiger partial charge in [0.1, 0.15) is 0 Å². The van der Waals surface area contributed by atoms with Gasteiger partial charge in [0.15, 0.2) is 0 Å². The second kappa shape index (κ2) is 7.20. The first-order chi connectivity index (χ1) is 9.26. The molecule has 0 aliphatic rings. The van der Waals surface area contributed by atoms with Crippen molar-refractivity contribution in [1.29, 1.82) is 0 Å². The van der Waals surface area contributed by atoms with E-state index in [0.717, 1.165) is 18.4 Å². The smallest absolute Gasteiger partial charge is 0.240 e. The zero-order valence-electron chi connectivity index (χ0n) is 12.8. The molecule has 5 heteroatoms. The number of nitrogens with two attached hydrogens (primary N) is 1. The lowest BCUT2D eigenvalue weighted by atomic mass is 10.0. The molecule has 0 bridgehead atoms. The van der Waals surface area contributed by atoms with Crippen LogP contribution in [0, 0.1) is 5.92 Å². The standard InChI is InChI=1S/C15H26N2O2S/c1-5-11(2)9-12(3)17-20(18,19)15-8-6-7-14(10-15)13(4)16/h6-8,10-13,17H,5,9,16H2,1-4H3. The summed E-state index contributed by atoms with van der Waals surface area (Å²) in [5.41, 5.74) is 6.62. The number of sulfonamides is 1. The van der Waals surface area contributed by atoms with Crippen molar-refractivity contribution < 1.29 is 8.42 Å². The van der Waals surface area contributed by atoms with E-state index in [2.05, 4.69) is 18.6 Å². The maximum atomic E-state index is 12.3. The van der Waals surface area contributed by atoms with E-state index >= 15 is 0 Å². The van der Waals surface area contributed by atoms with E-state index in [4.69, 9.17) is 5.73 Å². The molecule has 3 N–H and O–H groups in total. The number of benzene rings is 1. The first-order valence-corrected chi connectivity index (χ1v) is 8.62. The number of nitrogens with one attached hydrogen (secondary N) is 1. The maximum absolute atomic E-state index is 12.3. The molecule has 1 aromatic rings. The van der Waals surface area contributed by atoms with Crippen LogP contribution in [0.15, 0.2) is 29.2 Å². The van der Waals surface area contributed by atoms with E-state index in [0.29, 0.717) is 5.92 Å². The summed E-state index contributed by atoms with van der Waals surface area (Å²) in [6, 6.07) is 6.56. The molecule has 4 nitrogen and oxygen atoms in total. The van der Waals surface area contributed by atoms with E-state index in [1.165, 1.54) is 0 Å². The van der Waals surface area contributed by atoms with Crippen LogP contribution in [0.3, 0.4) is 0 Å². The molecular formula is C15H26N2O2S. The summed E-state index contributed by atoms with van der Waals surface area (Å²) in [5.74, 6) is 0.503. The van der Waals surface area contributed by atoms with E-state index < -0.39 is 10.0 Å². The Labute approximate surface area is 122 Å². The molecule has 0 amide bonds. The van der Waals surface area contributed by atoms with Gasteiger partial charge in [0.2, 0.25) is 10.0 Å². The molecule has 114 valence electrons. The van der Waals surface area contributed by atoms with E-state index in [1.54, 1.807) is 18.2 Å². The normalized spacial score (nSPS) is 16.6. The summed E-state index contributed by atoms with van der Waals surface area (Å²) < 4.78 is 27.4. The van der Waals surface area contributed by atoms with Gasteiger partial charge in [0, 0.05) is 12.1 Å². The fourth-order valence-electron chi connectivity index (χ4n) is 2.12. The minimum Gasteiger partial charge on any atom is -0.324 e. The second-order valence-electron chi connectivity index (χ2n) is 5.63. The molecule has 1 aromatic carbocycles. The van der Waals surface area contributed by atoms with Gasteiger partial charge in [-0.1, -0.05) is 32.4 Å². The zero-order chi connectivity index (χ0) is 15.3. The zero-order valence-corrected chi connectivity index (χ0v) is 13.6. The van der Waals surface area contributed by atoms with E-state index in [9.17, 15) is 8.42 Å². The lowest BCUT2D eigenvalue weighted by molar-refractivity contribution is 0.445. The van der Waals surface area contributed by atoms with Crippen molar-refractivity contribution in [3.05, 3.63) is 29.8 Å². The molecule has 0 fully saturated rings. The fraction of sp³-hybridized carbons (Fsp3) is 0.600. The first-order valence-electron chi connectivity index (χ1n) is 7.14. The summed E-state index contributed by atoms with van der Waals surface area (Å²) in [4.78, 5) is 0.281. The number of hydrogen-bond donors (Lipinski definition) is 2. The van der Waals surface area contributed by atoms with Crippen molar-refractivity contribution in [2.24, 2.45) is 11.7 Å². The Morgan fingerprint density at radius 2 is 1.90 bits per heavy atom. The average Bonchev–Trinajstić information content (AvgIpc) is 2.37. The van der Waals surface area contributed by atoms with Crippen LogP contribution in [0.1, 0.15) is 52.1 Å². The van der Waals surface area contributed by atoms with E-state index in [1.807, 2.05) is 19.9 Å². The van der Waals surface area contributed by atoms with Gasteiger partial charge in [0.05, 0.1) is 4.90 Å². The van der Waals surface area contributed by atoms with Crippen molar-refractivity contribution in [3.8, 4) is 0 Å². The molecule has 3 unspecified atom stereocenters. The van der Waals surface area contributed by atoms with Crippen LogP contribution < -0.4 is 10.5 Å². The van der Waals surface area contributed by atoms with Crippen LogP contribution in [0.25, 0.3) is 0 Å². The maximum Gasteiger partial charge on any atom is 0.240 e. The highest BCUT2D eigenvalue weighted by atomic mass is 32.2. The van der Waals surface area contributed by atoms with Gasteiger partial charge in [0.25, 0.3) is 0 Å². The Bertz CT molecular complexity index is 526. The monoisotopic (exact) mass is 298 g/mol. The van der Waals surface area contributed by atoms with Gasteiger partial charge >= 0.3 is 0 Å². The molecule has 0 saturated carbocycles. The largest absolute Gasteiger partial charge is 0.324 e. The summed E-state index contributed by atoms with van der Waals surface area (Å²) in [6.07, 6.45) is 1.88. The fourth-order valence-corrected chi connectivity index (χ4v) is 3.43. The van der Waals surface area contributed by atoms with Crippen LogP contribution in [0.2, 0.25) is 0 Å². The average molecular weight is 298 g/mol. The van der Waals surface area contributed by atoms with Crippen molar-refractivity contribution in [2.75, 3.05) is 0 Å². The van der Waals surface area contributed by atoms with Crippen molar-refractivity contribution in [3.63, 3.8) is 0 Å². The first kappa shape index (κ1) is 17.1. The Kier molecular flexibility index (Phi) is 6.17. The predicted octanol–water partition coefficient (Wildman–Crippen LogP) is 2.81. The van der Waals surface area contributed by atoms with Gasteiger partial charge in [-0.2, -0.15) is 0 Å². The molecule has 0 spiro atoms. The van der Waals surface area contributed by atoms with Gasteiger partial charge in [-0.25, -0.2) is 13.1 Å². The van der Waals surface area contributed by atoms with Gasteiger partial charge < -0.3 is 5.73 Å². The molecule has 0 aromatic heterocycles. The molecular weight excluding hydrogens is 272 g/mol. The van der Waals surface area contributed by atoms with Crippen LogP contribution in [-0.2, 0) is 10.0 Å². The van der Waals surface area contributed by atoms with E-state index in [-0.39, 0.29) is 17.0 Å². The summed E-state index contributed by atoms with van der Waals surface area (Å²) in [7, 11) is -3.47. The third-order valence-corrected chi connectivity index (χ3v) is 5.09. The minimum absolute atomic E-state index is 0.0751. The van der Waals surface area contributed by atoms with Crippen molar-refractivity contribution in [1.82, 2.24) is 4.72 Å². The summed E-state index contributed by atoms with van der Waals surface area (Å²) in [5, 5.41) is 0.